The molecule has 0 amide bonds. The van der Waals surface area contributed by atoms with Crippen molar-refractivity contribution in [3.05, 3.63) is 42.0 Å². The number of hydrogen-bond acceptors (Lipinski definition) is 2. The van der Waals surface area contributed by atoms with Gasteiger partial charge in [-0.1, -0.05) is 36.9 Å². The van der Waals surface area contributed by atoms with Gasteiger partial charge in [0.15, 0.2) is 0 Å². The Bertz CT molecular complexity index is 492. The summed E-state index contributed by atoms with van der Waals surface area (Å²) in [6.45, 7) is 3.78. The van der Waals surface area contributed by atoms with Crippen molar-refractivity contribution in [1.29, 1.82) is 0 Å². The first-order valence-electron chi connectivity index (χ1n) is 7.16. The number of hydrogen-bond donors (Lipinski definition) is 0. The Morgan fingerprint density at radius 3 is 2.84 bits per heavy atom. The second-order valence-electron chi connectivity index (χ2n) is 5.78. The van der Waals surface area contributed by atoms with Crippen molar-refractivity contribution in [2.24, 2.45) is 11.8 Å². The lowest BCUT2D eigenvalue weighted by molar-refractivity contribution is -0.150. The van der Waals surface area contributed by atoms with Gasteiger partial charge in [-0.2, -0.15) is 0 Å². The molecule has 0 aromatic heterocycles. The van der Waals surface area contributed by atoms with Crippen molar-refractivity contribution in [2.75, 3.05) is 0 Å². The van der Waals surface area contributed by atoms with Crippen LogP contribution in [-0.4, -0.2) is 12.1 Å². The highest BCUT2D eigenvalue weighted by atomic mass is 16.5. The predicted octanol–water partition coefficient (Wildman–Crippen LogP) is 3.60. The maximum atomic E-state index is 12.1. The average molecular weight is 256 g/mol. The maximum Gasteiger partial charge on any atom is 0.310 e. The molecule has 1 aromatic carbocycles. The topological polar surface area (TPSA) is 26.3 Å². The molecule has 2 nitrogen and oxygen atoms in total. The first kappa shape index (κ1) is 12.5. The van der Waals surface area contributed by atoms with E-state index in [0.29, 0.717) is 12.3 Å². The van der Waals surface area contributed by atoms with Gasteiger partial charge in [0.1, 0.15) is 6.10 Å². The van der Waals surface area contributed by atoms with E-state index in [1.165, 1.54) is 19.3 Å². The van der Waals surface area contributed by atoms with Crippen LogP contribution in [0.1, 0.15) is 36.8 Å². The van der Waals surface area contributed by atoms with Crippen LogP contribution in [0.5, 0.6) is 0 Å². The summed E-state index contributed by atoms with van der Waals surface area (Å²) in [7, 11) is 0. The van der Waals surface area contributed by atoms with E-state index in [4.69, 9.17) is 4.74 Å². The molecule has 2 saturated carbocycles. The normalized spacial score (nSPS) is 28.3. The number of carbonyl (C=O) groups excluding carboxylic acids is 1. The summed E-state index contributed by atoms with van der Waals surface area (Å²) in [4.78, 5) is 12.1. The molecule has 0 radical (unpaired) electrons. The van der Waals surface area contributed by atoms with E-state index in [0.717, 1.165) is 23.5 Å². The minimum Gasteiger partial charge on any atom is -0.462 e. The molecule has 3 unspecified atom stereocenters. The molecular formula is C17H20O2. The second kappa shape index (κ2) is 5.20. The first-order valence-corrected chi connectivity index (χ1v) is 7.16. The van der Waals surface area contributed by atoms with Crippen LogP contribution >= 0.6 is 0 Å². The fraction of sp³-hybridized carbons (Fsp3) is 0.471. The molecule has 3 atom stereocenters. The van der Waals surface area contributed by atoms with Gasteiger partial charge in [0.2, 0.25) is 0 Å². The summed E-state index contributed by atoms with van der Waals surface area (Å²) in [5.41, 5.74) is 2.03. The third-order valence-electron chi connectivity index (χ3n) is 4.57. The molecule has 0 N–H and O–H groups in total. The molecule has 3 rings (SSSR count). The van der Waals surface area contributed by atoms with Gasteiger partial charge in [-0.15, -0.1) is 0 Å². The molecule has 19 heavy (non-hydrogen) atoms. The highest BCUT2D eigenvalue weighted by molar-refractivity contribution is 5.74. The quantitative estimate of drug-likeness (QED) is 0.769. The Morgan fingerprint density at radius 1 is 1.32 bits per heavy atom. The fourth-order valence-electron chi connectivity index (χ4n) is 3.59. The molecule has 0 spiro atoms. The van der Waals surface area contributed by atoms with E-state index in [-0.39, 0.29) is 12.1 Å². The molecule has 0 saturated heterocycles. The number of ether oxygens (including phenoxy) is 1. The van der Waals surface area contributed by atoms with Gasteiger partial charge in [-0.25, -0.2) is 0 Å². The molecule has 2 aliphatic rings. The van der Waals surface area contributed by atoms with E-state index >= 15 is 0 Å². The van der Waals surface area contributed by atoms with E-state index in [9.17, 15) is 4.79 Å². The number of fused-ring (bicyclic) bond motifs is 2. The summed E-state index contributed by atoms with van der Waals surface area (Å²) < 4.78 is 5.68. The van der Waals surface area contributed by atoms with Gasteiger partial charge >= 0.3 is 5.97 Å². The van der Waals surface area contributed by atoms with Crippen LogP contribution in [0, 0.1) is 11.8 Å². The third-order valence-corrected chi connectivity index (χ3v) is 4.57. The van der Waals surface area contributed by atoms with Gasteiger partial charge < -0.3 is 4.74 Å². The van der Waals surface area contributed by atoms with Crippen molar-refractivity contribution in [1.82, 2.24) is 0 Å². The monoisotopic (exact) mass is 256 g/mol. The highest BCUT2D eigenvalue weighted by Gasteiger charge is 2.41. The average Bonchev–Trinajstić information content (AvgIpc) is 3.01. The minimum absolute atomic E-state index is 0.0909. The molecule has 2 aliphatic carbocycles. The van der Waals surface area contributed by atoms with Gasteiger partial charge in [-0.05, 0) is 48.6 Å². The van der Waals surface area contributed by atoms with Crippen molar-refractivity contribution < 1.29 is 9.53 Å². The molecule has 1 aromatic rings. The Hall–Kier alpha value is -1.57. The number of benzene rings is 1. The zero-order valence-corrected chi connectivity index (χ0v) is 11.2. The molecule has 2 fully saturated rings. The smallest absolute Gasteiger partial charge is 0.310 e. The van der Waals surface area contributed by atoms with Crippen LogP contribution in [0.15, 0.2) is 30.8 Å². The lowest BCUT2D eigenvalue weighted by Crippen LogP contribution is -2.25. The van der Waals surface area contributed by atoms with Crippen LogP contribution in [0.2, 0.25) is 0 Å². The summed E-state index contributed by atoms with van der Waals surface area (Å²) in [5.74, 6) is 1.35. The molecule has 0 aliphatic heterocycles. The Kier molecular flexibility index (Phi) is 3.41. The van der Waals surface area contributed by atoms with Crippen molar-refractivity contribution in [3.8, 4) is 0 Å². The van der Waals surface area contributed by atoms with Crippen LogP contribution in [-0.2, 0) is 16.0 Å². The minimum atomic E-state index is -0.0909. The molecule has 0 heterocycles. The molecule has 2 bridgehead atoms. The van der Waals surface area contributed by atoms with Crippen molar-refractivity contribution in [2.45, 2.75) is 38.2 Å². The lowest BCUT2D eigenvalue weighted by atomic mass is 9.97. The van der Waals surface area contributed by atoms with Crippen LogP contribution in [0.3, 0.4) is 0 Å². The summed E-state index contributed by atoms with van der Waals surface area (Å²) in [6.07, 6.45) is 7.25. The largest absolute Gasteiger partial charge is 0.462 e. The summed E-state index contributed by atoms with van der Waals surface area (Å²) in [5, 5.41) is 0. The van der Waals surface area contributed by atoms with Gasteiger partial charge in [0, 0.05) is 0 Å². The van der Waals surface area contributed by atoms with E-state index in [1.54, 1.807) is 6.08 Å². The standard InChI is InChI=1S/C17H20O2/c1-2-13-5-3-4-6-14(13)11-17(18)19-16-10-12-7-8-15(16)9-12/h2-6,12,15-16H,1,7-11H2. The van der Waals surface area contributed by atoms with Gasteiger partial charge in [0.05, 0.1) is 6.42 Å². The fourth-order valence-corrected chi connectivity index (χ4v) is 3.59. The van der Waals surface area contributed by atoms with Crippen molar-refractivity contribution >= 4 is 12.0 Å². The van der Waals surface area contributed by atoms with Crippen LogP contribution in [0.4, 0.5) is 0 Å². The van der Waals surface area contributed by atoms with Gasteiger partial charge in [-0.3, -0.25) is 4.79 Å². The third kappa shape index (κ3) is 2.58. The molecular weight excluding hydrogens is 236 g/mol. The highest BCUT2D eigenvalue weighted by Crippen LogP contribution is 2.45. The Morgan fingerprint density at radius 2 is 2.16 bits per heavy atom. The van der Waals surface area contributed by atoms with E-state index < -0.39 is 0 Å². The van der Waals surface area contributed by atoms with Crippen LogP contribution in [0.25, 0.3) is 6.08 Å². The maximum absolute atomic E-state index is 12.1. The van der Waals surface area contributed by atoms with Gasteiger partial charge in [0.25, 0.3) is 0 Å². The Balaban J connectivity index is 1.61. The first-order chi connectivity index (χ1) is 9.26. The van der Waals surface area contributed by atoms with E-state index in [1.807, 2.05) is 24.3 Å². The number of carbonyl (C=O) groups is 1. The zero-order valence-electron chi connectivity index (χ0n) is 11.2. The lowest BCUT2D eigenvalue weighted by Gasteiger charge is -2.22. The number of esters is 1. The predicted molar refractivity (Wildman–Crippen MR) is 75.6 cm³/mol. The van der Waals surface area contributed by atoms with Crippen molar-refractivity contribution in [3.63, 3.8) is 0 Å². The second-order valence-corrected chi connectivity index (χ2v) is 5.78. The summed E-state index contributed by atoms with van der Waals surface area (Å²) >= 11 is 0. The summed E-state index contributed by atoms with van der Waals surface area (Å²) in [6, 6.07) is 7.86. The van der Waals surface area contributed by atoms with Crippen LogP contribution < -0.4 is 0 Å². The SMILES string of the molecule is C=Cc1ccccc1CC(=O)OC1CC2CCC1C2. The zero-order chi connectivity index (χ0) is 13.2. The van der Waals surface area contributed by atoms with E-state index in [2.05, 4.69) is 6.58 Å². The molecule has 100 valence electrons. The molecule has 2 heteroatoms. The Labute approximate surface area is 114 Å². The number of rotatable bonds is 4.